The van der Waals surface area contributed by atoms with Crippen molar-refractivity contribution >= 4 is 0 Å². The summed E-state index contributed by atoms with van der Waals surface area (Å²) in [5.41, 5.74) is 9.02. The molecule has 0 saturated carbocycles. The van der Waals surface area contributed by atoms with Crippen molar-refractivity contribution in [2.45, 2.75) is 19.6 Å². The molecule has 0 atom stereocenters. The molecule has 2 N–H and O–H groups in total. The fourth-order valence-corrected chi connectivity index (χ4v) is 1.90. The zero-order valence-electron chi connectivity index (χ0n) is 10.7. The Morgan fingerprint density at radius 1 is 1.00 bits per heavy atom. The Balaban J connectivity index is 1.92. The van der Waals surface area contributed by atoms with Crippen molar-refractivity contribution in [1.29, 1.82) is 0 Å². The summed E-state index contributed by atoms with van der Waals surface area (Å²) >= 11 is 0. The predicted molar refractivity (Wildman–Crippen MR) is 73.7 cm³/mol. The number of hydrogen-bond donors (Lipinski definition) is 1. The number of benzene rings is 1. The molecular weight excluding hydrogens is 222 g/mol. The highest BCUT2D eigenvalue weighted by molar-refractivity contribution is 5.16. The first-order chi connectivity index (χ1) is 8.78. The van der Waals surface area contributed by atoms with E-state index in [2.05, 4.69) is 41.2 Å². The van der Waals surface area contributed by atoms with Crippen molar-refractivity contribution in [1.82, 2.24) is 9.88 Å². The van der Waals surface area contributed by atoms with Gasteiger partial charge < -0.3 is 5.73 Å². The summed E-state index contributed by atoms with van der Waals surface area (Å²) in [5.74, 6) is 0. The van der Waals surface area contributed by atoms with Crippen molar-refractivity contribution < 1.29 is 0 Å². The molecule has 94 valence electrons. The van der Waals surface area contributed by atoms with E-state index in [-0.39, 0.29) is 0 Å². The lowest BCUT2D eigenvalue weighted by Crippen LogP contribution is -2.18. The Labute approximate surface area is 108 Å². The van der Waals surface area contributed by atoms with Gasteiger partial charge in [0.05, 0.1) is 5.69 Å². The van der Waals surface area contributed by atoms with Crippen LogP contribution in [0.25, 0.3) is 0 Å². The lowest BCUT2D eigenvalue weighted by molar-refractivity contribution is 0.315. The average Bonchev–Trinajstić information content (AvgIpc) is 2.40. The Morgan fingerprint density at radius 3 is 2.39 bits per heavy atom. The predicted octanol–water partition coefficient (Wildman–Crippen LogP) is 2.17. The normalized spacial score (nSPS) is 10.8. The lowest BCUT2D eigenvalue weighted by atomic mass is 10.2. The second-order valence-electron chi connectivity index (χ2n) is 4.52. The second kappa shape index (κ2) is 6.28. The van der Waals surface area contributed by atoms with Crippen LogP contribution in [0.4, 0.5) is 0 Å². The first-order valence-corrected chi connectivity index (χ1v) is 6.14. The summed E-state index contributed by atoms with van der Waals surface area (Å²) in [6.45, 7) is 2.33. The van der Waals surface area contributed by atoms with Crippen LogP contribution in [-0.2, 0) is 19.6 Å². The van der Waals surface area contributed by atoms with Gasteiger partial charge in [0.1, 0.15) is 0 Å². The number of hydrogen-bond acceptors (Lipinski definition) is 3. The third-order valence-electron chi connectivity index (χ3n) is 2.85. The highest BCUT2D eigenvalue weighted by atomic mass is 15.1. The topological polar surface area (TPSA) is 42.1 Å². The van der Waals surface area contributed by atoms with Gasteiger partial charge in [-0.1, -0.05) is 36.4 Å². The van der Waals surface area contributed by atoms with E-state index in [0.717, 1.165) is 24.3 Å². The van der Waals surface area contributed by atoms with Crippen molar-refractivity contribution in [2.24, 2.45) is 5.73 Å². The van der Waals surface area contributed by atoms with Gasteiger partial charge in [-0.2, -0.15) is 0 Å². The Kier molecular flexibility index (Phi) is 4.45. The summed E-state index contributed by atoms with van der Waals surface area (Å²) in [6.07, 6.45) is 1.85. The average molecular weight is 241 g/mol. The molecule has 0 aliphatic rings. The summed E-state index contributed by atoms with van der Waals surface area (Å²) < 4.78 is 0. The first kappa shape index (κ1) is 12.7. The lowest BCUT2D eigenvalue weighted by Gasteiger charge is -2.16. The van der Waals surface area contributed by atoms with Gasteiger partial charge in [-0.05, 0) is 24.2 Å². The van der Waals surface area contributed by atoms with E-state index in [0.29, 0.717) is 6.54 Å². The molecule has 0 fully saturated rings. The molecule has 1 aromatic carbocycles. The van der Waals surface area contributed by atoms with Crippen molar-refractivity contribution in [3.8, 4) is 0 Å². The number of aromatic nitrogens is 1. The van der Waals surface area contributed by atoms with E-state index in [1.54, 1.807) is 0 Å². The molecule has 0 spiro atoms. The van der Waals surface area contributed by atoms with Gasteiger partial charge in [0.2, 0.25) is 0 Å². The van der Waals surface area contributed by atoms with Crippen LogP contribution in [0.2, 0.25) is 0 Å². The maximum atomic E-state index is 5.55. The minimum absolute atomic E-state index is 0.549. The maximum absolute atomic E-state index is 5.55. The van der Waals surface area contributed by atoms with Gasteiger partial charge in [0, 0.05) is 25.8 Å². The zero-order valence-corrected chi connectivity index (χ0v) is 10.7. The molecule has 1 aromatic heterocycles. The molecule has 0 bridgehead atoms. The van der Waals surface area contributed by atoms with Gasteiger partial charge in [-0.3, -0.25) is 9.88 Å². The molecule has 0 amide bonds. The molecule has 3 nitrogen and oxygen atoms in total. The number of nitrogens with two attached hydrogens (primary N) is 1. The summed E-state index contributed by atoms with van der Waals surface area (Å²) in [4.78, 5) is 6.66. The van der Waals surface area contributed by atoms with Crippen LogP contribution < -0.4 is 5.73 Å². The van der Waals surface area contributed by atoms with E-state index < -0.39 is 0 Å². The summed E-state index contributed by atoms with van der Waals surface area (Å²) in [7, 11) is 2.10. The standard InChI is InChI=1S/C15H19N3/c1-18(11-13-5-3-2-4-6-13)12-15-8-7-14(9-16)10-17-15/h2-8,10H,9,11-12,16H2,1H3. The van der Waals surface area contributed by atoms with Gasteiger partial charge >= 0.3 is 0 Å². The van der Waals surface area contributed by atoms with E-state index in [4.69, 9.17) is 5.73 Å². The van der Waals surface area contributed by atoms with Crippen LogP contribution in [0.5, 0.6) is 0 Å². The Bertz CT molecular complexity index is 465. The van der Waals surface area contributed by atoms with E-state index in [9.17, 15) is 0 Å². The number of pyridine rings is 1. The van der Waals surface area contributed by atoms with Gasteiger partial charge in [-0.15, -0.1) is 0 Å². The molecule has 2 rings (SSSR count). The quantitative estimate of drug-likeness (QED) is 0.872. The van der Waals surface area contributed by atoms with Crippen LogP contribution in [0.15, 0.2) is 48.7 Å². The third kappa shape index (κ3) is 3.65. The molecule has 1 heterocycles. The van der Waals surface area contributed by atoms with Crippen LogP contribution >= 0.6 is 0 Å². The van der Waals surface area contributed by atoms with E-state index in [1.807, 2.05) is 24.4 Å². The summed E-state index contributed by atoms with van der Waals surface area (Å²) in [6, 6.07) is 14.5. The van der Waals surface area contributed by atoms with Crippen LogP contribution in [0, 0.1) is 0 Å². The second-order valence-corrected chi connectivity index (χ2v) is 4.52. The highest BCUT2D eigenvalue weighted by Crippen LogP contribution is 2.07. The van der Waals surface area contributed by atoms with E-state index in [1.165, 1.54) is 5.56 Å². The van der Waals surface area contributed by atoms with E-state index >= 15 is 0 Å². The zero-order chi connectivity index (χ0) is 12.8. The molecule has 3 heteroatoms. The fraction of sp³-hybridized carbons (Fsp3) is 0.267. The smallest absolute Gasteiger partial charge is 0.0544 e. The molecule has 0 unspecified atom stereocenters. The number of rotatable bonds is 5. The largest absolute Gasteiger partial charge is 0.326 e. The molecule has 2 aromatic rings. The van der Waals surface area contributed by atoms with Crippen molar-refractivity contribution in [3.63, 3.8) is 0 Å². The maximum Gasteiger partial charge on any atom is 0.0544 e. The van der Waals surface area contributed by atoms with Gasteiger partial charge in [-0.25, -0.2) is 0 Å². The highest BCUT2D eigenvalue weighted by Gasteiger charge is 2.02. The van der Waals surface area contributed by atoms with Crippen LogP contribution in [0.1, 0.15) is 16.8 Å². The minimum atomic E-state index is 0.549. The van der Waals surface area contributed by atoms with Crippen LogP contribution in [-0.4, -0.2) is 16.9 Å². The van der Waals surface area contributed by atoms with Crippen molar-refractivity contribution in [3.05, 3.63) is 65.5 Å². The van der Waals surface area contributed by atoms with Crippen molar-refractivity contribution in [2.75, 3.05) is 7.05 Å². The molecule has 0 radical (unpaired) electrons. The fourth-order valence-electron chi connectivity index (χ4n) is 1.90. The number of nitrogens with zero attached hydrogens (tertiary/aromatic N) is 2. The minimum Gasteiger partial charge on any atom is -0.326 e. The SMILES string of the molecule is CN(Cc1ccccc1)Cc1ccc(CN)cn1. The third-order valence-corrected chi connectivity index (χ3v) is 2.85. The molecule has 0 saturated heterocycles. The molecule has 0 aliphatic heterocycles. The monoisotopic (exact) mass is 241 g/mol. The molecular formula is C15H19N3. The first-order valence-electron chi connectivity index (χ1n) is 6.14. The van der Waals surface area contributed by atoms with Gasteiger partial charge in [0.25, 0.3) is 0 Å². The molecule has 0 aliphatic carbocycles. The van der Waals surface area contributed by atoms with Gasteiger partial charge in [0.15, 0.2) is 0 Å². The summed E-state index contributed by atoms with van der Waals surface area (Å²) in [5, 5.41) is 0. The Morgan fingerprint density at radius 2 is 1.78 bits per heavy atom. The Hall–Kier alpha value is -1.71. The molecule has 18 heavy (non-hydrogen) atoms. The van der Waals surface area contributed by atoms with Crippen LogP contribution in [0.3, 0.4) is 0 Å².